The van der Waals surface area contributed by atoms with Crippen LogP contribution in [-0.2, 0) is 14.8 Å². The van der Waals surface area contributed by atoms with Gasteiger partial charge in [0.1, 0.15) is 30.0 Å². The van der Waals surface area contributed by atoms with Crippen LogP contribution < -0.4 is 19.5 Å². The summed E-state index contributed by atoms with van der Waals surface area (Å²) in [5.41, 5.74) is 0.790. The van der Waals surface area contributed by atoms with Crippen LogP contribution in [0, 0.1) is 5.82 Å². The smallest absolute Gasteiger partial charge is 0.244 e. The van der Waals surface area contributed by atoms with Gasteiger partial charge in [-0.1, -0.05) is 18.2 Å². The van der Waals surface area contributed by atoms with E-state index >= 15 is 0 Å². The standard InChI is InChI=1S/C21H25FN2O5S2/c1-14(15-7-8-18-19(13-15)29-11-10-28-18)23-21(25)17(9-12-30-2)24-31(26,27)20-6-4-3-5-16(20)22/h3-8,13-14,17,24H,9-12H2,1-2H3,(H,23,25). The molecule has 0 saturated carbocycles. The maximum Gasteiger partial charge on any atom is 0.244 e. The molecular formula is C21H25FN2O5S2. The lowest BCUT2D eigenvalue weighted by molar-refractivity contribution is -0.123. The van der Waals surface area contributed by atoms with E-state index in [2.05, 4.69) is 10.0 Å². The van der Waals surface area contributed by atoms with Gasteiger partial charge in [-0.3, -0.25) is 4.79 Å². The van der Waals surface area contributed by atoms with Gasteiger partial charge in [0.05, 0.1) is 6.04 Å². The average Bonchev–Trinajstić information content (AvgIpc) is 2.76. The van der Waals surface area contributed by atoms with Crippen LogP contribution in [0.25, 0.3) is 0 Å². The third kappa shape index (κ3) is 5.90. The first kappa shape index (κ1) is 23.4. The number of nitrogens with one attached hydrogen (secondary N) is 2. The Labute approximate surface area is 185 Å². The quantitative estimate of drug-likeness (QED) is 0.588. The van der Waals surface area contributed by atoms with Gasteiger partial charge in [-0.15, -0.1) is 0 Å². The molecular weight excluding hydrogens is 443 g/mol. The van der Waals surface area contributed by atoms with E-state index in [9.17, 15) is 17.6 Å². The molecule has 0 radical (unpaired) electrons. The minimum atomic E-state index is -4.21. The molecule has 3 rings (SSSR count). The molecule has 31 heavy (non-hydrogen) atoms. The Morgan fingerprint density at radius 1 is 1.16 bits per heavy atom. The normalized spacial score (nSPS) is 15.2. The average molecular weight is 469 g/mol. The highest BCUT2D eigenvalue weighted by Crippen LogP contribution is 2.32. The number of ether oxygens (including phenoxy) is 2. The molecule has 168 valence electrons. The molecule has 0 fully saturated rings. The molecule has 7 nitrogen and oxygen atoms in total. The molecule has 2 aromatic rings. The van der Waals surface area contributed by atoms with Crippen molar-refractivity contribution in [3.63, 3.8) is 0 Å². The maximum absolute atomic E-state index is 14.0. The van der Waals surface area contributed by atoms with Crippen molar-refractivity contribution in [1.82, 2.24) is 10.0 Å². The minimum absolute atomic E-state index is 0.258. The second-order valence-corrected chi connectivity index (χ2v) is 9.69. The summed E-state index contributed by atoms with van der Waals surface area (Å²) in [7, 11) is -4.21. The lowest BCUT2D eigenvalue weighted by Crippen LogP contribution is -2.47. The summed E-state index contributed by atoms with van der Waals surface area (Å²) in [5, 5.41) is 2.84. The van der Waals surface area contributed by atoms with Crippen molar-refractivity contribution in [1.29, 1.82) is 0 Å². The van der Waals surface area contributed by atoms with Gasteiger partial charge in [0.2, 0.25) is 15.9 Å². The van der Waals surface area contributed by atoms with Gasteiger partial charge in [0, 0.05) is 0 Å². The number of hydrogen-bond donors (Lipinski definition) is 2. The van der Waals surface area contributed by atoms with Gasteiger partial charge in [-0.25, -0.2) is 12.8 Å². The van der Waals surface area contributed by atoms with E-state index < -0.39 is 38.7 Å². The Morgan fingerprint density at radius 2 is 1.87 bits per heavy atom. The second kappa shape index (κ2) is 10.3. The van der Waals surface area contributed by atoms with Crippen LogP contribution in [0.1, 0.15) is 24.9 Å². The molecule has 2 unspecified atom stereocenters. The van der Waals surface area contributed by atoms with Gasteiger partial charge in [0.25, 0.3) is 0 Å². The third-order valence-corrected chi connectivity index (χ3v) is 6.92. The van der Waals surface area contributed by atoms with Gasteiger partial charge in [-0.2, -0.15) is 16.5 Å². The first-order chi connectivity index (χ1) is 14.8. The molecule has 2 atom stereocenters. The highest BCUT2D eigenvalue weighted by Gasteiger charge is 2.28. The summed E-state index contributed by atoms with van der Waals surface area (Å²) in [6.45, 7) is 2.73. The van der Waals surface area contributed by atoms with Crippen LogP contribution >= 0.6 is 11.8 Å². The molecule has 0 bridgehead atoms. The van der Waals surface area contributed by atoms with Crippen molar-refractivity contribution in [2.45, 2.75) is 30.3 Å². The lowest BCUT2D eigenvalue weighted by atomic mass is 10.1. The van der Waals surface area contributed by atoms with Crippen molar-refractivity contribution in [3.05, 3.63) is 53.8 Å². The highest BCUT2D eigenvalue weighted by molar-refractivity contribution is 7.98. The first-order valence-corrected chi connectivity index (χ1v) is 12.6. The largest absolute Gasteiger partial charge is 0.486 e. The number of carbonyl (C=O) groups is 1. The number of sulfonamides is 1. The Morgan fingerprint density at radius 3 is 2.58 bits per heavy atom. The number of halogens is 1. The summed E-state index contributed by atoms with van der Waals surface area (Å²) in [6.07, 6.45) is 2.12. The van der Waals surface area contributed by atoms with E-state index in [0.29, 0.717) is 30.5 Å². The topological polar surface area (TPSA) is 93.7 Å². The molecule has 1 aliphatic rings. The maximum atomic E-state index is 14.0. The first-order valence-electron chi connectivity index (χ1n) is 9.77. The van der Waals surface area contributed by atoms with Crippen molar-refractivity contribution in [3.8, 4) is 11.5 Å². The van der Waals surface area contributed by atoms with Gasteiger partial charge < -0.3 is 14.8 Å². The summed E-state index contributed by atoms with van der Waals surface area (Å²) in [6, 6.07) is 9.00. The predicted octanol–water partition coefficient (Wildman–Crippen LogP) is 2.87. The van der Waals surface area contributed by atoms with Crippen molar-refractivity contribution >= 4 is 27.7 Å². The van der Waals surface area contributed by atoms with Gasteiger partial charge in [-0.05, 0) is 55.2 Å². The molecule has 0 saturated heterocycles. The molecule has 0 aromatic heterocycles. The monoisotopic (exact) mass is 468 g/mol. The molecule has 2 N–H and O–H groups in total. The van der Waals surface area contributed by atoms with Crippen LogP contribution in [0.3, 0.4) is 0 Å². The lowest BCUT2D eigenvalue weighted by Gasteiger charge is -2.23. The number of thioether (sulfide) groups is 1. The van der Waals surface area contributed by atoms with E-state index in [-0.39, 0.29) is 6.42 Å². The SMILES string of the molecule is CSCCC(NS(=O)(=O)c1ccccc1F)C(=O)NC(C)c1ccc2c(c1)OCCO2. The van der Waals surface area contributed by atoms with Crippen LogP contribution in [-0.4, -0.2) is 45.6 Å². The van der Waals surface area contributed by atoms with Crippen LogP contribution in [0.5, 0.6) is 11.5 Å². The molecule has 1 heterocycles. The van der Waals surface area contributed by atoms with Crippen molar-refractivity contribution < 1.29 is 27.1 Å². The summed E-state index contributed by atoms with van der Waals surface area (Å²) >= 11 is 1.48. The van der Waals surface area contributed by atoms with E-state index in [1.807, 2.05) is 12.3 Å². The molecule has 2 aromatic carbocycles. The summed E-state index contributed by atoms with van der Waals surface area (Å²) in [5.74, 6) is 0.434. The number of hydrogen-bond acceptors (Lipinski definition) is 6. The Kier molecular flexibility index (Phi) is 7.79. The Balaban J connectivity index is 1.74. The fourth-order valence-corrected chi connectivity index (χ4v) is 4.90. The number of fused-ring (bicyclic) bond motifs is 1. The molecule has 1 aliphatic heterocycles. The van der Waals surface area contributed by atoms with E-state index in [4.69, 9.17) is 9.47 Å². The number of amides is 1. The Hall–Kier alpha value is -2.30. The van der Waals surface area contributed by atoms with E-state index in [0.717, 1.165) is 11.6 Å². The third-order valence-electron chi connectivity index (χ3n) is 4.78. The van der Waals surface area contributed by atoms with Crippen LogP contribution in [0.15, 0.2) is 47.4 Å². The summed E-state index contributed by atoms with van der Waals surface area (Å²) < 4.78 is 52.8. The van der Waals surface area contributed by atoms with Gasteiger partial charge >= 0.3 is 0 Å². The molecule has 1 amide bonds. The van der Waals surface area contributed by atoms with Crippen molar-refractivity contribution in [2.24, 2.45) is 0 Å². The van der Waals surface area contributed by atoms with E-state index in [1.54, 1.807) is 19.1 Å². The van der Waals surface area contributed by atoms with Crippen LogP contribution in [0.2, 0.25) is 0 Å². The molecule has 0 spiro atoms. The zero-order chi connectivity index (χ0) is 22.4. The number of rotatable bonds is 9. The van der Waals surface area contributed by atoms with E-state index in [1.165, 1.54) is 30.0 Å². The highest BCUT2D eigenvalue weighted by atomic mass is 32.2. The van der Waals surface area contributed by atoms with Crippen LogP contribution in [0.4, 0.5) is 4.39 Å². The molecule has 10 heteroatoms. The fourth-order valence-electron chi connectivity index (χ4n) is 3.12. The minimum Gasteiger partial charge on any atom is -0.486 e. The number of benzene rings is 2. The Bertz CT molecular complexity index is 1030. The summed E-state index contributed by atoms with van der Waals surface area (Å²) in [4.78, 5) is 12.4. The predicted molar refractivity (Wildman–Crippen MR) is 117 cm³/mol. The van der Waals surface area contributed by atoms with Gasteiger partial charge in [0.15, 0.2) is 11.5 Å². The fraction of sp³-hybridized carbons (Fsp3) is 0.381. The molecule has 0 aliphatic carbocycles. The zero-order valence-corrected chi connectivity index (χ0v) is 18.9. The van der Waals surface area contributed by atoms with Crippen molar-refractivity contribution in [2.75, 3.05) is 25.2 Å². The second-order valence-electron chi connectivity index (χ2n) is 7.02. The zero-order valence-electron chi connectivity index (χ0n) is 17.3. The number of carbonyl (C=O) groups excluding carboxylic acids is 1.